The van der Waals surface area contributed by atoms with Gasteiger partial charge in [-0.2, -0.15) is 0 Å². The van der Waals surface area contributed by atoms with Gasteiger partial charge in [0, 0.05) is 36.9 Å². The molecule has 0 bridgehead atoms. The Morgan fingerprint density at radius 3 is 2.50 bits per heavy atom. The average molecular weight is 428 g/mol. The molecule has 0 aliphatic carbocycles. The number of hydrogen-bond donors (Lipinski definition) is 1. The molecular weight excluding hydrogens is 394 g/mol. The summed E-state index contributed by atoms with van der Waals surface area (Å²) in [6.45, 7) is 4.38. The monoisotopic (exact) mass is 427 g/mol. The smallest absolute Gasteiger partial charge is 0.0790 e. The summed E-state index contributed by atoms with van der Waals surface area (Å²) in [6, 6.07) is 21.4. The maximum Gasteiger partial charge on any atom is 0.0790 e. The van der Waals surface area contributed by atoms with E-state index in [-0.39, 0.29) is 6.10 Å². The van der Waals surface area contributed by atoms with E-state index in [9.17, 15) is 5.11 Å². The molecule has 2 aliphatic rings. The fraction of sp³-hybridized carbons (Fsp3) is 0.393. The molecule has 1 unspecified atom stereocenters. The van der Waals surface area contributed by atoms with Crippen LogP contribution in [0, 0.1) is 5.92 Å². The van der Waals surface area contributed by atoms with Crippen LogP contribution in [0.2, 0.25) is 0 Å². The fourth-order valence-electron chi connectivity index (χ4n) is 5.26. The van der Waals surface area contributed by atoms with Crippen LogP contribution in [0.25, 0.3) is 0 Å². The molecular formula is C28H33N3O. The summed E-state index contributed by atoms with van der Waals surface area (Å²) >= 11 is 0. The van der Waals surface area contributed by atoms with Crippen molar-refractivity contribution in [1.82, 2.24) is 9.88 Å². The second-order valence-corrected chi connectivity index (χ2v) is 9.29. The van der Waals surface area contributed by atoms with Gasteiger partial charge in [0.15, 0.2) is 0 Å². The summed E-state index contributed by atoms with van der Waals surface area (Å²) in [5.41, 5.74) is 6.26. The van der Waals surface area contributed by atoms with Gasteiger partial charge in [0.2, 0.25) is 0 Å². The van der Waals surface area contributed by atoms with Crippen molar-refractivity contribution in [2.24, 2.45) is 5.92 Å². The van der Waals surface area contributed by atoms with Crippen LogP contribution in [0.4, 0.5) is 11.4 Å². The van der Waals surface area contributed by atoms with E-state index in [1.807, 2.05) is 12.4 Å². The number of likely N-dealkylation sites (tertiary alicyclic amines) is 1. The minimum absolute atomic E-state index is 0.363. The van der Waals surface area contributed by atoms with E-state index in [4.69, 9.17) is 0 Å². The number of aliphatic hydroxyl groups is 1. The van der Waals surface area contributed by atoms with Crippen molar-refractivity contribution in [3.05, 3.63) is 89.7 Å². The van der Waals surface area contributed by atoms with Gasteiger partial charge in [0.05, 0.1) is 6.10 Å². The van der Waals surface area contributed by atoms with Crippen LogP contribution in [0.3, 0.4) is 0 Å². The predicted octanol–water partition coefficient (Wildman–Crippen LogP) is 5.50. The summed E-state index contributed by atoms with van der Waals surface area (Å²) in [5.74, 6) is 0.730. The molecule has 4 heteroatoms. The molecule has 3 aromatic rings. The number of anilines is 2. The second kappa shape index (κ2) is 9.85. The van der Waals surface area contributed by atoms with Crippen molar-refractivity contribution < 1.29 is 5.11 Å². The van der Waals surface area contributed by atoms with Gasteiger partial charge in [0.1, 0.15) is 0 Å². The molecule has 32 heavy (non-hydrogen) atoms. The van der Waals surface area contributed by atoms with E-state index >= 15 is 0 Å². The van der Waals surface area contributed by atoms with Gasteiger partial charge in [-0.25, -0.2) is 0 Å². The Labute approximate surface area is 191 Å². The summed E-state index contributed by atoms with van der Waals surface area (Å²) in [6.07, 6.45) is 8.80. The lowest BCUT2D eigenvalue weighted by Crippen LogP contribution is -2.33. The zero-order valence-electron chi connectivity index (χ0n) is 18.7. The Morgan fingerprint density at radius 1 is 0.938 bits per heavy atom. The van der Waals surface area contributed by atoms with Crippen LogP contribution >= 0.6 is 0 Å². The van der Waals surface area contributed by atoms with Crippen LogP contribution in [0.5, 0.6) is 0 Å². The number of hydrogen-bond acceptors (Lipinski definition) is 4. The van der Waals surface area contributed by atoms with E-state index in [1.54, 1.807) is 0 Å². The lowest BCUT2D eigenvalue weighted by molar-refractivity contribution is 0.132. The highest BCUT2D eigenvalue weighted by molar-refractivity contribution is 5.69. The maximum atomic E-state index is 10.9. The molecule has 0 saturated carbocycles. The Balaban J connectivity index is 1.12. The highest BCUT2D eigenvalue weighted by Gasteiger charge is 2.23. The summed E-state index contributed by atoms with van der Waals surface area (Å²) in [5, 5.41) is 10.9. The van der Waals surface area contributed by atoms with E-state index < -0.39 is 0 Å². The van der Waals surface area contributed by atoms with E-state index in [2.05, 4.69) is 75.4 Å². The Bertz CT molecular complexity index is 1000. The second-order valence-electron chi connectivity index (χ2n) is 9.29. The topological polar surface area (TPSA) is 39.6 Å². The third-order valence-corrected chi connectivity index (χ3v) is 7.16. The first kappa shape index (κ1) is 21.2. The molecule has 1 aromatic heterocycles. The van der Waals surface area contributed by atoms with Crippen LogP contribution in [-0.4, -0.2) is 34.6 Å². The van der Waals surface area contributed by atoms with Gasteiger partial charge in [-0.15, -0.1) is 0 Å². The van der Waals surface area contributed by atoms with Crippen molar-refractivity contribution in [2.45, 2.75) is 44.8 Å². The van der Waals surface area contributed by atoms with Crippen LogP contribution < -0.4 is 4.90 Å². The highest BCUT2D eigenvalue weighted by atomic mass is 16.3. The highest BCUT2D eigenvalue weighted by Crippen LogP contribution is 2.36. The first-order valence-electron chi connectivity index (χ1n) is 12.0. The molecule has 0 radical (unpaired) electrons. The first-order valence-corrected chi connectivity index (χ1v) is 12.0. The van der Waals surface area contributed by atoms with Gasteiger partial charge < -0.3 is 10.0 Å². The molecule has 3 heterocycles. The minimum Gasteiger partial charge on any atom is -0.388 e. The average Bonchev–Trinajstić information content (AvgIpc) is 3.28. The van der Waals surface area contributed by atoms with Gasteiger partial charge in [-0.3, -0.25) is 9.88 Å². The third kappa shape index (κ3) is 4.87. The number of piperidine rings is 1. The molecule has 0 spiro atoms. The van der Waals surface area contributed by atoms with Crippen molar-refractivity contribution >= 4 is 11.4 Å². The molecule has 166 valence electrons. The molecule has 1 N–H and O–H groups in total. The molecule has 4 nitrogen and oxygen atoms in total. The lowest BCUT2D eigenvalue weighted by Gasteiger charge is -2.32. The largest absolute Gasteiger partial charge is 0.388 e. The van der Waals surface area contributed by atoms with Crippen molar-refractivity contribution in [3.8, 4) is 0 Å². The number of rotatable bonds is 7. The summed E-state index contributed by atoms with van der Waals surface area (Å²) in [4.78, 5) is 9.04. The van der Waals surface area contributed by atoms with Gasteiger partial charge >= 0.3 is 0 Å². The zero-order chi connectivity index (χ0) is 21.8. The van der Waals surface area contributed by atoms with Gasteiger partial charge in [-0.1, -0.05) is 42.5 Å². The van der Waals surface area contributed by atoms with E-state index in [1.165, 1.54) is 48.4 Å². The number of benzene rings is 2. The molecule has 0 amide bonds. The SMILES string of the molecule is OC(CCC1CCN(Cc2ccccc2)CC1)c1ccc2c(c1)CCN2c1ccncc1. The number of nitrogens with zero attached hydrogens (tertiary/aromatic N) is 3. The molecule has 1 atom stereocenters. The van der Waals surface area contributed by atoms with E-state index in [0.29, 0.717) is 0 Å². The van der Waals surface area contributed by atoms with Gasteiger partial charge in [0.25, 0.3) is 0 Å². The van der Waals surface area contributed by atoms with Crippen molar-refractivity contribution in [3.63, 3.8) is 0 Å². The first-order chi connectivity index (χ1) is 15.8. The number of fused-ring (bicyclic) bond motifs is 1. The number of aliphatic hydroxyl groups excluding tert-OH is 1. The van der Waals surface area contributed by atoms with Crippen molar-refractivity contribution in [1.29, 1.82) is 0 Å². The third-order valence-electron chi connectivity index (χ3n) is 7.16. The Hall–Kier alpha value is -2.69. The molecule has 2 aromatic carbocycles. The summed E-state index contributed by atoms with van der Waals surface area (Å²) < 4.78 is 0. The molecule has 1 fully saturated rings. The van der Waals surface area contributed by atoms with Crippen LogP contribution in [0.1, 0.15) is 48.5 Å². The Kier molecular flexibility index (Phi) is 6.51. The van der Waals surface area contributed by atoms with Gasteiger partial charge in [-0.05, 0) is 86.0 Å². The van der Waals surface area contributed by atoms with Crippen LogP contribution in [0.15, 0.2) is 73.1 Å². The quantitative estimate of drug-likeness (QED) is 0.540. The minimum atomic E-state index is -0.363. The van der Waals surface area contributed by atoms with E-state index in [0.717, 1.165) is 43.8 Å². The zero-order valence-corrected chi connectivity index (χ0v) is 18.7. The molecule has 2 aliphatic heterocycles. The molecule has 5 rings (SSSR count). The number of aromatic nitrogens is 1. The standard InChI is InChI=1S/C28H33N3O/c32-28(9-6-22-12-17-30(18-13-22)21-23-4-2-1-3-5-23)25-7-8-27-24(20-25)14-19-31(27)26-10-15-29-16-11-26/h1-5,7-8,10-11,15-16,20,22,28,32H,6,9,12-14,17-19,21H2. The lowest BCUT2D eigenvalue weighted by atomic mass is 9.89. The maximum absolute atomic E-state index is 10.9. The normalized spacial score (nSPS) is 18.0. The predicted molar refractivity (Wildman–Crippen MR) is 130 cm³/mol. The summed E-state index contributed by atoms with van der Waals surface area (Å²) in [7, 11) is 0. The number of pyridine rings is 1. The molecule has 1 saturated heterocycles. The van der Waals surface area contributed by atoms with Crippen LogP contribution in [-0.2, 0) is 13.0 Å². The Morgan fingerprint density at radius 2 is 1.72 bits per heavy atom. The fourth-order valence-corrected chi connectivity index (χ4v) is 5.26. The van der Waals surface area contributed by atoms with Crippen molar-refractivity contribution in [2.75, 3.05) is 24.5 Å².